The molecule has 0 bridgehead atoms. The number of rotatable bonds is 4. The Morgan fingerprint density at radius 3 is 2.74 bits per heavy atom. The van der Waals surface area contributed by atoms with Crippen LogP contribution in [0.4, 0.5) is 11.5 Å². The molecule has 2 aliphatic heterocycles. The van der Waals surface area contributed by atoms with E-state index in [0.717, 1.165) is 47.5 Å². The number of hydrogen-bond donors (Lipinski definition) is 2. The van der Waals surface area contributed by atoms with Crippen molar-refractivity contribution in [3.05, 3.63) is 59.8 Å². The number of fused-ring (bicyclic) bond motifs is 1. The van der Waals surface area contributed by atoms with E-state index in [0.29, 0.717) is 23.3 Å². The lowest BCUT2D eigenvalue weighted by atomic mass is 9.96. The Hall–Kier alpha value is -3.06. The molecule has 0 aliphatic carbocycles. The van der Waals surface area contributed by atoms with Crippen LogP contribution in [0.5, 0.6) is 0 Å². The van der Waals surface area contributed by atoms with E-state index in [1.807, 2.05) is 30.0 Å². The standard InChI is InChI=1S/C24H25N5OS/c1-31-19-9-11-29(14-19)18-5-2-15(3-6-18)21-13-27-23(25)22(28-21)17-4-7-20-16(12-17)8-10-26-24(20)30/h2-7,12-13,19H,8-11,14H2,1H3,(H2,25,27)(H,26,30). The first-order valence-electron chi connectivity index (χ1n) is 10.5. The van der Waals surface area contributed by atoms with E-state index in [1.165, 1.54) is 12.1 Å². The molecule has 158 valence electrons. The number of anilines is 2. The fraction of sp³-hybridized carbons (Fsp3) is 0.292. The highest BCUT2D eigenvalue weighted by Gasteiger charge is 2.22. The van der Waals surface area contributed by atoms with Crippen molar-refractivity contribution < 1.29 is 4.79 Å². The molecule has 0 radical (unpaired) electrons. The van der Waals surface area contributed by atoms with E-state index in [1.54, 1.807) is 6.20 Å². The van der Waals surface area contributed by atoms with Gasteiger partial charge in [0.1, 0.15) is 11.5 Å². The lowest BCUT2D eigenvalue weighted by molar-refractivity contribution is 0.0946. The van der Waals surface area contributed by atoms with Crippen LogP contribution in [0.25, 0.3) is 22.5 Å². The van der Waals surface area contributed by atoms with Crippen LogP contribution >= 0.6 is 11.8 Å². The molecule has 1 saturated heterocycles. The number of carbonyl (C=O) groups is 1. The van der Waals surface area contributed by atoms with Gasteiger partial charge in [0, 0.05) is 47.3 Å². The third-order valence-electron chi connectivity index (χ3n) is 6.11. The number of aromatic nitrogens is 2. The lowest BCUT2D eigenvalue weighted by Crippen LogP contribution is -2.31. The molecule has 5 rings (SSSR count). The summed E-state index contributed by atoms with van der Waals surface area (Å²) in [6, 6.07) is 14.3. The Morgan fingerprint density at radius 1 is 1.16 bits per heavy atom. The maximum absolute atomic E-state index is 12.0. The summed E-state index contributed by atoms with van der Waals surface area (Å²) >= 11 is 1.95. The third kappa shape index (κ3) is 3.85. The van der Waals surface area contributed by atoms with E-state index in [-0.39, 0.29) is 5.91 Å². The first kappa shape index (κ1) is 19.9. The fourth-order valence-electron chi connectivity index (χ4n) is 4.32. The zero-order valence-electron chi connectivity index (χ0n) is 17.5. The number of nitrogen functional groups attached to an aromatic ring is 1. The number of nitrogens with two attached hydrogens (primary N) is 1. The van der Waals surface area contributed by atoms with Gasteiger partial charge in [0.15, 0.2) is 0 Å². The van der Waals surface area contributed by atoms with Crippen LogP contribution in [0.1, 0.15) is 22.3 Å². The van der Waals surface area contributed by atoms with Crippen molar-refractivity contribution in [2.24, 2.45) is 0 Å². The molecule has 2 aromatic carbocycles. The topological polar surface area (TPSA) is 84.1 Å². The average molecular weight is 432 g/mol. The quantitative estimate of drug-likeness (QED) is 0.656. The van der Waals surface area contributed by atoms with Gasteiger partial charge < -0.3 is 16.0 Å². The lowest BCUT2D eigenvalue weighted by Gasteiger charge is -2.19. The van der Waals surface area contributed by atoms with E-state index in [9.17, 15) is 4.79 Å². The van der Waals surface area contributed by atoms with Crippen molar-refractivity contribution in [1.82, 2.24) is 15.3 Å². The first-order valence-corrected chi connectivity index (χ1v) is 11.8. The molecule has 3 N–H and O–H groups in total. The fourth-order valence-corrected chi connectivity index (χ4v) is 4.99. The summed E-state index contributed by atoms with van der Waals surface area (Å²) in [4.78, 5) is 23.7. The van der Waals surface area contributed by atoms with Crippen LogP contribution in [-0.4, -0.2) is 47.0 Å². The highest BCUT2D eigenvalue weighted by atomic mass is 32.2. The zero-order chi connectivity index (χ0) is 21.4. The van der Waals surface area contributed by atoms with Crippen LogP contribution in [0.15, 0.2) is 48.7 Å². The zero-order valence-corrected chi connectivity index (χ0v) is 18.3. The van der Waals surface area contributed by atoms with Crippen molar-refractivity contribution >= 4 is 29.2 Å². The second-order valence-corrected chi connectivity index (χ2v) is 9.14. The molecular weight excluding hydrogens is 406 g/mol. The van der Waals surface area contributed by atoms with Gasteiger partial charge in [-0.25, -0.2) is 9.97 Å². The molecule has 3 heterocycles. The molecular formula is C24H25N5OS. The molecule has 1 amide bonds. The third-order valence-corrected chi connectivity index (χ3v) is 7.16. The average Bonchev–Trinajstić information content (AvgIpc) is 3.29. The monoisotopic (exact) mass is 431 g/mol. The molecule has 0 spiro atoms. The van der Waals surface area contributed by atoms with Gasteiger partial charge in [0.25, 0.3) is 5.91 Å². The summed E-state index contributed by atoms with van der Waals surface area (Å²) in [5.41, 5.74) is 12.5. The number of hydrogen-bond acceptors (Lipinski definition) is 6. The molecule has 1 fully saturated rings. The minimum atomic E-state index is -0.0254. The minimum Gasteiger partial charge on any atom is -0.382 e. The maximum atomic E-state index is 12.0. The molecule has 1 unspecified atom stereocenters. The second kappa shape index (κ2) is 8.23. The SMILES string of the molecule is CSC1CCN(c2ccc(-c3cnc(N)c(-c4ccc5c(c4)CCNC5=O)n3)cc2)C1. The van der Waals surface area contributed by atoms with Crippen molar-refractivity contribution in [3.8, 4) is 22.5 Å². The molecule has 7 heteroatoms. The number of thioether (sulfide) groups is 1. The largest absolute Gasteiger partial charge is 0.382 e. The molecule has 6 nitrogen and oxygen atoms in total. The normalized spacial score (nSPS) is 18.0. The van der Waals surface area contributed by atoms with Gasteiger partial charge >= 0.3 is 0 Å². The van der Waals surface area contributed by atoms with Crippen LogP contribution in [0.2, 0.25) is 0 Å². The highest BCUT2D eigenvalue weighted by molar-refractivity contribution is 7.99. The Morgan fingerprint density at radius 2 is 1.97 bits per heavy atom. The van der Waals surface area contributed by atoms with Crippen LogP contribution in [0, 0.1) is 0 Å². The van der Waals surface area contributed by atoms with Gasteiger partial charge in [-0.2, -0.15) is 11.8 Å². The number of nitrogens with zero attached hydrogens (tertiary/aromatic N) is 3. The number of carbonyl (C=O) groups excluding carboxylic acids is 1. The maximum Gasteiger partial charge on any atom is 0.251 e. The Kier molecular flexibility index (Phi) is 5.28. The van der Waals surface area contributed by atoms with Gasteiger partial charge in [-0.1, -0.05) is 18.2 Å². The van der Waals surface area contributed by atoms with Gasteiger partial charge in [0.05, 0.1) is 11.9 Å². The van der Waals surface area contributed by atoms with Gasteiger partial charge in [-0.15, -0.1) is 0 Å². The number of nitrogens with one attached hydrogen (secondary N) is 1. The Labute approximate surface area is 186 Å². The van der Waals surface area contributed by atoms with Gasteiger partial charge in [-0.3, -0.25) is 4.79 Å². The van der Waals surface area contributed by atoms with Crippen LogP contribution in [0.3, 0.4) is 0 Å². The van der Waals surface area contributed by atoms with Gasteiger partial charge in [-0.05, 0) is 48.9 Å². The van der Waals surface area contributed by atoms with Crippen LogP contribution < -0.4 is 16.0 Å². The van der Waals surface area contributed by atoms with Crippen molar-refractivity contribution in [2.75, 3.05) is 36.5 Å². The van der Waals surface area contributed by atoms with Crippen molar-refractivity contribution in [1.29, 1.82) is 0 Å². The van der Waals surface area contributed by atoms with Crippen LogP contribution in [-0.2, 0) is 6.42 Å². The predicted octanol–water partition coefficient (Wildman–Crippen LogP) is 3.62. The highest BCUT2D eigenvalue weighted by Crippen LogP contribution is 2.31. The van der Waals surface area contributed by atoms with E-state index in [2.05, 4.69) is 45.7 Å². The Balaban J connectivity index is 1.43. The molecule has 2 aliphatic rings. The summed E-state index contributed by atoms with van der Waals surface area (Å²) in [7, 11) is 0. The van der Waals surface area contributed by atoms with E-state index >= 15 is 0 Å². The molecule has 1 atom stereocenters. The summed E-state index contributed by atoms with van der Waals surface area (Å²) in [5.74, 6) is 0.364. The smallest absolute Gasteiger partial charge is 0.251 e. The summed E-state index contributed by atoms with van der Waals surface area (Å²) in [6.45, 7) is 2.85. The number of amides is 1. The second-order valence-electron chi connectivity index (χ2n) is 8.01. The van der Waals surface area contributed by atoms with E-state index < -0.39 is 0 Å². The van der Waals surface area contributed by atoms with E-state index in [4.69, 9.17) is 10.7 Å². The summed E-state index contributed by atoms with van der Waals surface area (Å²) in [5, 5.41) is 3.59. The first-order chi connectivity index (χ1) is 15.1. The molecule has 0 saturated carbocycles. The van der Waals surface area contributed by atoms with Gasteiger partial charge in [0.2, 0.25) is 0 Å². The molecule has 1 aromatic heterocycles. The Bertz CT molecular complexity index is 1130. The predicted molar refractivity (Wildman–Crippen MR) is 127 cm³/mol. The summed E-state index contributed by atoms with van der Waals surface area (Å²) < 4.78 is 0. The van der Waals surface area contributed by atoms with Crippen molar-refractivity contribution in [3.63, 3.8) is 0 Å². The molecule has 31 heavy (non-hydrogen) atoms. The molecule has 3 aromatic rings. The summed E-state index contributed by atoms with van der Waals surface area (Å²) in [6.07, 6.45) is 5.95. The minimum absolute atomic E-state index is 0.0254. The number of benzene rings is 2. The van der Waals surface area contributed by atoms with Crippen molar-refractivity contribution in [2.45, 2.75) is 18.1 Å².